The monoisotopic (exact) mass is 467 g/mol. The number of nitrogens with zero attached hydrogens (tertiary/aromatic N) is 3. The fourth-order valence-corrected chi connectivity index (χ4v) is 4.52. The van der Waals surface area contributed by atoms with Gasteiger partial charge in [-0.25, -0.2) is 14.4 Å². The lowest BCUT2D eigenvalue weighted by Gasteiger charge is -2.28. The SMILES string of the molecule is CC(C)n1c(CNC2CC2)cc(=O)c2ccc(-c3nc(N[C@@H]4CCOC[C@H]4O)ncc3F)cc21. The molecule has 0 bridgehead atoms. The van der Waals surface area contributed by atoms with Gasteiger partial charge in [0.05, 0.1) is 30.5 Å². The molecule has 3 heterocycles. The Kier molecular flexibility index (Phi) is 6.33. The Hall–Kier alpha value is -2.88. The second kappa shape index (κ2) is 9.40. The number of pyridine rings is 1. The number of aromatic nitrogens is 3. The van der Waals surface area contributed by atoms with Gasteiger partial charge in [-0.2, -0.15) is 0 Å². The Labute approximate surface area is 197 Å². The molecular weight excluding hydrogens is 437 g/mol. The zero-order valence-corrected chi connectivity index (χ0v) is 19.4. The van der Waals surface area contributed by atoms with Crippen LogP contribution in [0.4, 0.5) is 10.3 Å². The van der Waals surface area contributed by atoms with Gasteiger partial charge in [0.2, 0.25) is 5.95 Å². The van der Waals surface area contributed by atoms with Crippen molar-refractivity contribution in [1.82, 2.24) is 19.9 Å². The van der Waals surface area contributed by atoms with E-state index in [1.54, 1.807) is 18.2 Å². The molecule has 34 heavy (non-hydrogen) atoms. The van der Waals surface area contributed by atoms with Crippen molar-refractivity contribution in [3.63, 3.8) is 0 Å². The van der Waals surface area contributed by atoms with Crippen LogP contribution in [0.15, 0.2) is 35.3 Å². The Morgan fingerprint density at radius 3 is 2.82 bits per heavy atom. The second-order valence-electron chi connectivity index (χ2n) is 9.42. The van der Waals surface area contributed by atoms with Crippen LogP contribution in [0.2, 0.25) is 0 Å². The third-order valence-electron chi connectivity index (χ3n) is 6.45. The largest absolute Gasteiger partial charge is 0.389 e. The van der Waals surface area contributed by atoms with Gasteiger partial charge < -0.3 is 25.0 Å². The maximum atomic E-state index is 14.8. The predicted molar refractivity (Wildman–Crippen MR) is 128 cm³/mol. The predicted octanol–water partition coefficient (Wildman–Crippen LogP) is 2.99. The molecule has 9 heteroatoms. The van der Waals surface area contributed by atoms with Crippen molar-refractivity contribution >= 4 is 16.9 Å². The molecule has 1 aliphatic heterocycles. The van der Waals surface area contributed by atoms with Gasteiger partial charge in [0.1, 0.15) is 5.69 Å². The van der Waals surface area contributed by atoms with Gasteiger partial charge in [0, 0.05) is 47.9 Å². The summed E-state index contributed by atoms with van der Waals surface area (Å²) in [5.41, 5.74) is 2.31. The molecule has 0 spiro atoms. The van der Waals surface area contributed by atoms with Gasteiger partial charge in [-0.1, -0.05) is 6.07 Å². The quantitative estimate of drug-likeness (QED) is 0.491. The molecule has 0 unspecified atom stereocenters. The van der Waals surface area contributed by atoms with Crippen LogP contribution in [0.25, 0.3) is 22.2 Å². The third kappa shape index (κ3) is 4.68. The van der Waals surface area contributed by atoms with E-state index in [9.17, 15) is 14.3 Å². The average molecular weight is 468 g/mol. The van der Waals surface area contributed by atoms with E-state index < -0.39 is 11.9 Å². The maximum Gasteiger partial charge on any atom is 0.223 e. The highest BCUT2D eigenvalue weighted by atomic mass is 19.1. The van der Waals surface area contributed by atoms with Crippen molar-refractivity contribution in [3.05, 3.63) is 52.2 Å². The van der Waals surface area contributed by atoms with Gasteiger partial charge in [0.25, 0.3) is 0 Å². The topological polar surface area (TPSA) is 101 Å². The Morgan fingerprint density at radius 2 is 2.09 bits per heavy atom. The van der Waals surface area contributed by atoms with Crippen LogP contribution < -0.4 is 16.1 Å². The molecular formula is C25H30FN5O3. The summed E-state index contributed by atoms with van der Waals surface area (Å²) in [6.45, 7) is 5.52. The summed E-state index contributed by atoms with van der Waals surface area (Å²) in [5.74, 6) is -0.312. The lowest BCUT2D eigenvalue weighted by Crippen LogP contribution is -2.42. The number of halogens is 1. The molecule has 2 aliphatic rings. The first-order chi connectivity index (χ1) is 16.4. The van der Waals surface area contributed by atoms with Crippen LogP contribution in [-0.4, -0.2) is 51.0 Å². The molecule has 3 aromatic rings. The number of rotatable bonds is 7. The fourth-order valence-electron chi connectivity index (χ4n) is 4.52. The van der Waals surface area contributed by atoms with E-state index in [0.29, 0.717) is 36.6 Å². The first-order valence-corrected chi connectivity index (χ1v) is 11.9. The highest BCUT2D eigenvalue weighted by molar-refractivity contribution is 5.84. The molecule has 8 nitrogen and oxygen atoms in total. The minimum Gasteiger partial charge on any atom is -0.389 e. The normalized spacial score (nSPS) is 20.7. The molecule has 180 valence electrons. The van der Waals surface area contributed by atoms with Gasteiger partial charge in [-0.05, 0) is 45.2 Å². The van der Waals surface area contributed by atoms with E-state index in [-0.39, 0.29) is 35.8 Å². The molecule has 2 fully saturated rings. The van der Waals surface area contributed by atoms with Crippen molar-refractivity contribution in [2.75, 3.05) is 18.5 Å². The Morgan fingerprint density at radius 1 is 1.26 bits per heavy atom. The molecule has 1 aromatic carbocycles. The summed E-state index contributed by atoms with van der Waals surface area (Å²) in [4.78, 5) is 21.4. The number of hydrogen-bond donors (Lipinski definition) is 3. The van der Waals surface area contributed by atoms with Crippen molar-refractivity contribution < 1.29 is 14.2 Å². The van der Waals surface area contributed by atoms with E-state index in [1.807, 2.05) is 6.07 Å². The molecule has 1 aliphatic carbocycles. The molecule has 1 saturated heterocycles. The lowest BCUT2D eigenvalue weighted by atomic mass is 10.1. The van der Waals surface area contributed by atoms with Crippen LogP contribution in [0.5, 0.6) is 0 Å². The fraction of sp³-hybridized carbons (Fsp3) is 0.480. The highest BCUT2D eigenvalue weighted by Gasteiger charge is 2.25. The minimum absolute atomic E-state index is 0.0509. The number of aliphatic hydroxyl groups is 1. The van der Waals surface area contributed by atoms with Crippen LogP contribution in [0.3, 0.4) is 0 Å². The van der Waals surface area contributed by atoms with E-state index in [1.165, 1.54) is 0 Å². The summed E-state index contributed by atoms with van der Waals surface area (Å²) >= 11 is 0. The van der Waals surface area contributed by atoms with Crippen molar-refractivity contribution in [3.8, 4) is 11.3 Å². The lowest BCUT2D eigenvalue weighted by molar-refractivity contribution is -0.0136. The Bertz CT molecular complexity index is 1260. The third-order valence-corrected chi connectivity index (χ3v) is 6.45. The second-order valence-corrected chi connectivity index (χ2v) is 9.42. The van der Waals surface area contributed by atoms with E-state index in [2.05, 4.69) is 39.0 Å². The number of benzene rings is 1. The first kappa shape index (κ1) is 22.9. The first-order valence-electron chi connectivity index (χ1n) is 11.9. The van der Waals surface area contributed by atoms with Crippen LogP contribution in [0, 0.1) is 5.82 Å². The molecule has 3 N–H and O–H groups in total. The van der Waals surface area contributed by atoms with Crippen LogP contribution in [0.1, 0.15) is 44.8 Å². The zero-order chi connectivity index (χ0) is 23.8. The van der Waals surface area contributed by atoms with Crippen molar-refractivity contribution in [2.24, 2.45) is 0 Å². The molecule has 2 atom stereocenters. The van der Waals surface area contributed by atoms with Crippen LogP contribution in [-0.2, 0) is 11.3 Å². The smallest absolute Gasteiger partial charge is 0.223 e. The van der Waals surface area contributed by atoms with E-state index in [0.717, 1.165) is 30.2 Å². The summed E-state index contributed by atoms with van der Waals surface area (Å²) in [7, 11) is 0. The molecule has 5 rings (SSSR count). The zero-order valence-electron chi connectivity index (χ0n) is 19.4. The minimum atomic E-state index is -0.685. The van der Waals surface area contributed by atoms with Crippen molar-refractivity contribution in [2.45, 2.75) is 63.9 Å². The van der Waals surface area contributed by atoms with E-state index >= 15 is 0 Å². The number of aliphatic hydroxyl groups excluding tert-OH is 1. The number of anilines is 1. The summed E-state index contributed by atoms with van der Waals surface area (Å²) in [6, 6.07) is 7.34. The van der Waals surface area contributed by atoms with Crippen molar-refractivity contribution in [1.29, 1.82) is 0 Å². The van der Waals surface area contributed by atoms with Gasteiger partial charge >= 0.3 is 0 Å². The van der Waals surface area contributed by atoms with Crippen LogP contribution >= 0.6 is 0 Å². The number of fused-ring (bicyclic) bond motifs is 1. The van der Waals surface area contributed by atoms with Gasteiger partial charge in [0.15, 0.2) is 11.2 Å². The molecule has 0 amide bonds. The summed E-state index contributed by atoms with van der Waals surface area (Å²) < 4.78 is 22.2. The van der Waals surface area contributed by atoms with Gasteiger partial charge in [-0.15, -0.1) is 0 Å². The molecule has 2 aromatic heterocycles. The number of hydrogen-bond acceptors (Lipinski definition) is 7. The van der Waals surface area contributed by atoms with E-state index in [4.69, 9.17) is 4.74 Å². The molecule has 0 radical (unpaired) electrons. The number of nitrogens with one attached hydrogen (secondary N) is 2. The summed E-state index contributed by atoms with van der Waals surface area (Å²) in [6.07, 6.45) is 3.38. The Balaban J connectivity index is 1.54. The standard InChI is InChI=1S/C25H30FN5O3/c1-14(2)31-17(11-27-16-4-5-16)10-22(32)18-6-3-15(9-21(18)31)24-19(26)12-28-25(30-24)29-20-7-8-34-13-23(20)33/h3,6,9-10,12,14,16,20,23,27,33H,4-5,7-8,11,13H2,1-2H3,(H,28,29,30)/t20-,23-/m1/s1. The number of ether oxygens (including phenoxy) is 1. The van der Waals surface area contributed by atoms with Gasteiger partial charge in [-0.3, -0.25) is 4.79 Å². The highest BCUT2D eigenvalue weighted by Crippen LogP contribution is 2.28. The molecule has 1 saturated carbocycles. The maximum absolute atomic E-state index is 14.8. The summed E-state index contributed by atoms with van der Waals surface area (Å²) in [5, 5.41) is 17.3. The average Bonchev–Trinajstić information content (AvgIpc) is 3.64.